The summed E-state index contributed by atoms with van der Waals surface area (Å²) in [5.41, 5.74) is 2.84. The molecule has 3 heteroatoms. The van der Waals surface area contributed by atoms with Crippen molar-refractivity contribution in [3.8, 4) is 0 Å². The molecule has 72 valence electrons. The number of rotatable bonds is 4. The average Bonchev–Trinajstić information content (AvgIpc) is 2.55. The summed E-state index contributed by atoms with van der Waals surface area (Å²) >= 11 is 1.58. The van der Waals surface area contributed by atoms with Gasteiger partial charge in [0.1, 0.15) is 5.78 Å². The van der Waals surface area contributed by atoms with Crippen LogP contribution < -0.4 is 0 Å². The zero-order chi connectivity index (χ0) is 9.84. The van der Waals surface area contributed by atoms with E-state index in [2.05, 4.69) is 4.98 Å². The first-order valence-electron chi connectivity index (χ1n) is 4.52. The van der Waals surface area contributed by atoms with Crippen molar-refractivity contribution in [1.82, 2.24) is 4.98 Å². The molecule has 0 aliphatic rings. The molecular formula is C10H15NOS. The van der Waals surface area contributed by atoms with Crippen LogP contribution in [0.1, 0.15) is 26.5 Å². The van der Waals surface area contributed by atoms with E-state index in [0.29, 0.717) is 5.78 Å². The maximum absolute atomic E-state index is 11.5. The molecule has 1 heterocycles. The van der Waals surface area contributed by atoms with E-state index >= 15 is 0 Å². The Morgan fingerprint density at radius 2 is 2.23 bits per heavy atom. The van der Waals surface area contributed by atoms with Gasteiger partial charge in [0, 0.05) is 17.2 Å². The summed E-state index contributed by atoms with van der Waals surface area (Å²) in [6, 6.07) is 0. The van der Waals surface area contributed by atoms with Crippen LogP contribution in [0.5, 0.6) is 0 Å². The van der Waals surface area contributed by atoms with Crippen LogP contribution in [0.4, 0.5) is 0 Å². The van der Waals surface area contributed by atoms with Crippen LogP contribution in [0, 0.1) is 11.8 Å². The Labute approximate surface area is 83.0 Å². The molecule has 0 aliphatic heterocycles. The van der Waals surface area contributed by atoms with Gasteiger partial charge in [0.2, 0.25) is 0 Å². The fourth-order valence-corrected chi connectivity index (χ4v) is 1.89. The number of aromatic nitrogens is 1. The van der Waals surface area contributed by atoms with Crippen LogP contribution in [0.15, 0.2) is 10.9 Å². The number of hydrogen-bond donors (Lipinski definition) is 0. The summed E-state index contributed by atoms with van der Waals surface area (Å²) in [5.74, 6) is 0.559. The Kier molecular flexibility index (Phi) is 3.60. The number of Topliss-reactive ketones (excluding diaryl/α,β-unsaturated/α-hetero) is 1. The lowest BCUT2D eigenvalue weighted by Gasteiger charge is -2.10. The largest absolute Gasteiger partial charge is 0.299 e. The molecule has 0 aliphatic carbocycles. The van der Waals surface area contributed by atoms with Gasteiger partial charge in [-0.1, -0.05) is 20.8 Å². The number of ketones is 1. The third-order valence-electron chi connectivity index (χ3n) is 2.05. The Morgan fingerprint density at radius 3 is 2.69 bits per heavy atom. The molecule has 1 aromatic heterocycles. The molecule has 0 radical (unpaired) electrons. The summed E-state index contributed by atoms with van der Waals surface area (Å²) in [6.07, 6.45) is 0.778. The molecule has 0 bridgehead atoms. The lowest BCUT2D eigenvalue weighted by Crippen LogP contribution is -2.19. The van der Waals surface area contributed by atoms with Crippen LogP contribution in [0.2, 0.25) is 0 Å². The quantitative estimate of drug-likeness (QED) is 0.742. The highest BCUT2D eigenvalue weighted by Gasteiger charge is 2.17. The molecule has 0 N–H and O–H groups in total. The Morgan fingerprint density at radius 1 is 1.54 bits per heavy atom. The van der Waals surface area contributed by atoms with Gasteiger partial charge in [-0.2, -0.15) is 0 Å². The Hall–Kier alpha value is -0.700. The van der Waals surface area contributed by atoms with E-state index in [4.69, 9.17) is 0 Å². The van der Waals surface area contributed by atoms with Gasteiger partial charge in [0.15, 0.2) is 0 Å². The van der Waals surface area contributed by atoms with Gasteiger partial charge in [0.25, 0.3) is 0 Å². The lowest BCUT2D eigenvalue weighted by molar-refractivity contribution is -0.125. The first-order valence-corrected chi connectivity index (χ1v) is 5.46. The normalized spacial score (nSPS) is 13.2. The van der Waals surface area contributed by atoms with E-state index in [1.807, 2.05) is 31.7 Å². The van der Waals surface area contributed by atoms with Crippen LogP contribution in [-0.2, 0) is 11.2 Å². The van der Waals surface area contributed by atoms with Gasteiger partial charge in [-0.05, 0) is 6.42 Å². The molecule has 1 aromatic rings. The first kappa shape index (κ1) is 10.4. The summed E-state index contributed by atoms with van der Waals surface area (Å²) in [6.45, 7) is 5.86. The third-order valence-corrected chi connectivity index (χ3v) is 2.69. The molecule has 0 aromatic carbocycles. The van der Waals surface area contributed by atoms with Crippen LogP contribution in [0.3, 0.4) is 0 Å². The number of nitrogens with zero attached hydrogens (tertiary/aromatic N) is 1. The van der Waals surface area contributed by atoms with Gasteiger partial charge in [-0.15, -0.1) is 11.3 Å². The van der Waals surface area contributed by atoms with E-state index in [1.54, 1.807) is 11.3 Å². The maximum atomic E-state index is 11.5. The first-order chi connectivity index (χ1) is 6.11. The Bertz CT molecular complexity index is 266. The molecular weight excluding hydrogens is 182 g/mol. The van der Waals surface area contributed by atoms with E-state index in [9.17, 15) is 4.79 Å². The van der Waals surface area contributed by atoms with E-state index in [-0.39, 0.29) is 11.8 Å². The van der Waals surface area contributed by atoms with Crippen molar-refractivity contribution in [2.45, 2.75) is 27.2 Å². The molecule has 1 atom stereocenters. The smallest absolute Gasteiger partial charge is 0.138 e. The van der Waals surface area contributed by atoms with Crippen molar-refractivity contribution in [2.75, 3.05) is 0 Å². The van der Waals surface area contributed by atoms with Crippen molar-refractivity contribution in [1.29, 1.82) is 0 Å². The fourth-order valence-electron chi connectivity index (χ4n) is 1.32. The van der Waals surface area contributed by atoms with Gasteiger partial charge >= 0.3 is 0 Å². The average molecular weight is 197 g/mol. The molecule has 0 spiro atoms. The SMILES string of the molecule is CC(C)C(=O)C(C)Cc1cscn1. The summed E-state index contributed by atoms with van der Waals surface area (Å²) in [4.78, 5) is 15.7. The molecule has 13 heavy (non-hydrogen) atoms. The monoisotopic (exact) mass is 197 g/mol. The van der Waals surface area contributed by atoms with Crippen molar-refractivity contribution in [3.05, 3.63) is 16.6 Å². The molecule has 0 saturated heterocycles. The standard InChI is InChI=1S/C10H15NOS/c1-7(2)10(12)8(3)4-9-5-13-6-11-9/h5-8H,4H2,1-3H3. The zero-order valence-electron chi connectivity index (χ0n) is 8.28. The number of carbonyl (C=O) groups is 1. The van der Waals surface area contributed by atoms with Crippen molar-refractivity contribution >= 4 is 17.1 Å². The zero-order valence-corrected chi connectivity index (χ0v) is 9.10. The summed E-state index contributed by atoms with van der Waals surface area (Å²) in [5, 5.41) is 2.00. The second kappa shape index (κ2) is 4.51. The van der Waals surface area contributed by atoms with Crippen molar-refractivity contribution in [3.63, 3.8) is 0 Å². The third kappa shape index (κ3) is 2.92. The predicted molar refractivity (Wildman–Crippen MR) is 54.8 cm³/mol. The summed E-state index contributed by atoms with van der Waals surface area (Å²) < 4.78 is 0. The molecule has 1 unspecified atom stereocenters. The van der Waals surface area contributed by atoms with Crippen LogP contribution >= 0.6 is 11.3 Å². The molecule has 1 rings (SSSR count). The lowest BCUT2D eigenvalue weighted by atomic mass is 9.93. The Balaban J connectivity index is 2.51. The van der Waals surface area contributed by atoms with E-state index < -0.39 is 0 Å². The minimum Gasteiger partial charge on any atom is -0.299 e. The number of carbonyl (C=O) groups excluding carboxylic acids is 1. The van der Waals surface area contributed by atoms with Crippen molar-refractivity contribution < 1.29 is 4.79 Å². The molecule has 2 nitrogen and oxygen atoms in total. The number of thiazole rings is 1. The predicted octanol–water partition coefficient (Wildman–Crippen LogP) is 2.55. The van der Waals surface area contributed by atoms with E-state index in [1.165, 1.54) is 0 Å². The van der Waals surface area contributed by atoms with Gasteiger partial charge in [0.05, 0.1) is 11.2 Å². The molecule has 0 fully saturated rings. The number of hydrogen-bond acceptors (Lipinski definition) is 3. The van der Waals surface area contributed by atoms with Crippen LogP contribution in [-0.4, -0.2) is 10.8 Å². The highest BCUT2D eigenvalue weighted by Crippen LogP contribution is 2.13. The highest BCUT2D eigenvalue weighted by atomic mass is 32.1. The van der Waals surface area contributed by atoms with Gasteiger partial charge in [-0.3, -0.25) is 4.79 Å². The second-order valence-electron chi connectivity index (χ2n) is 3.64. The maximum Gasteiger partial charge on any atom is 0.138 e. The van der Waals surface area contributed by atoms with Crippen molar-refractivity contribution in [2.24, 2.45) is 11.8 Å². The van der Waals surface area contributed by atoms with Gasteiger partial charge in [-0.25, -0.2) is 4.98 Å². The fraction of sp³-hybridized carbons (Fsp3) is 0.600. The van der Waals surface area contributed by atoms with Gasteiger partial charge < -0.3 is 0 Å². The highest BCUT2D eigenvalue weighted by molar-refractivity contribution is 7.07. The topological polar surface area (TPSA) is 30.0 Å². The minimum atomic E-state index is 0.0992. The molecule has 0 saturated carbocycles. The summed E-state index contributed by atoms with van der Waals surface area (Å²) in [7, 11) is 0. The van der Waals surface area contributed by atoms with E-state index in [0.717, 1.165) is 12.1 Å². The van der Waals surface area contributed by atoms with Crippen LogP contribution in [0.25, 0.3) is 0 Å². The second-order valence-corrected chi connectivity index (χ2v) is 4.36. The molecule has 0 amide bonds. The minimum absolute atomic E-state index is 0.0992.